The number of oxime groups is 1. The Hall–Kier alpha value is -8.32. The zero-order valence-electron chi connectivity index (χ0n) is 58.3. The molecule has 0 saturated heterocycles. The summed E-state index contributed by atoms with van der Waals surface area (Å²) in [6, 6.07) is 35.4. The van der Waals surface area contributed by atoms with Crippen molar-refractivity contribution >= 4 is 146 Å². The number of aromatic nitrogens is 12. The van der Waals surface area contributed by atoms with Crippen molar-refractivity contribution in [3.63, 3.8) is 0 Å². The smallest absolute Gasteiger partial charge is 0.481 e. The number of rotatable bonds is 9. The van der Waals surface area contributed by atoms with Crippen molar-refractivity contribution in [3.05, 3.63) is 206 Å². The molecule has 16 rings (SSSR count). The Labute approximate surface area is 708 Å². The van der Waals surface area contributed by atoms with Crippen LogP contribution in [0.4, 0.5) is 0 Å². The molecule has 12 aromatic rings. The summed E-state index contributed by atoms with van der Waals surface area (Å²) in [7, 11) is 0. The van der Waals surface area contributed by atoms with E-state index in [9.17, 15) is 67.7 Å². The summed E-state index contributed by atoms with van der Waals surface area (Å²) in [5, 5.41) is 45.2. The van der Waals surface area contributed by atoms with Crippen molar-refractivity contribution in [3.8, 4) is 0 Å². The predicted molar refractivity (Wildman–Crippen MR) is 392 cm³/mol. The molecule has 0 bridgehead atoms. The van der Waals surface area contributed by atoms with E-state index in [0.717, 1.165) is 57.5 Å². The van der Waals surface area contributed by atoms with Gasteiger partial charge in [-0.15, -0.1) is 0 Å². The fourth-order valence-corrected chi connectivity index (χ4v) is 12.6. The molecule has 0 fully saturated rings. The van der Waals surface area contributed by atoms with E-state index in [4.69, 9.17) is 43.3 Å². The Bertz CT molecular complexity index is 5510. The molecule has 108 heavy (non-hydrogen) atoms. The largest absolute Gasteiger partial charge is 1.00 e. The van der Waals surface area contributed by atoms with Gasteiger partial charge in [-0.3, -0.25) is 61.4 Å². The average molecular weight is 1590 g/mol. The van der Waals surface area contributed by atoms with Gasteiger partial charge in [0.05, 0.1) is 56.3 Å². The molecule has 6 aromatic heterocycles. The van der Waals surface area contributed by atoms with E-state index >= 15 is 0 Å². The molecule has 4 atom stereocenters. The average Bonchev–Trinajstić information content (AvgIpc) is 1.63. The van der Waals surface area contributed by atoms with Crippen LogP contribution in [0.1, 0.15) is 109 Å². The first-order valence-electron chi connectivity index (χ1n) is 32.9. The number of carbonyl (C=O) groups excluding carboxylic acids is 5. The van der Waals surface area contributed by atoms with Crippen LogP contribution in [-0.4, -0.2) is 130 Å². The maximum absolute atomic E-state index is 12.0. The number of aliphatic hydroxyl groups excluding tert-OH is 2. The van der Waals surface area contributed by atoms with E-state index < -0.39 is 34.6 Å². The number of aryl methyl sites for hydroxylation is 6. The predicted octanol–water partition coefficient (Wildman–Crippen LogP) is -0.816. The number of benzene rings is 6. The first-order valence-corrected chi connectivity index (χ1v) is 34.0. The Morgan fingerprint density at radius 1 is 0.509 bits per heavy atom. The summed E-state index contributed by atoms with van der Waals surface area (Å²) < 4.78 is 9.55. The number of hydrogen-bond acceptors (Lipinski definition) is 19. The second-order valence-corrected chi connectivity index (χ2v) is 25.4. The Morgan fingerprint density at radius 3 is 1.36 bits per heavy atom. The molecule has 556 valence electrons. The number of imidazole rings is 6. The summed E-state index contributed by atoms with van der Waals surface area (Å²) >= 11 is 14.2. The molecule has 0 saturated carbocycles. The summed E-state index contributed by atoms with van der Waals surface area (Å²) in [6.45, 7) is 4.01. The van der Waals surface area contributed by atoms with Crippen LogP contribution in [0.15, 0.2) is 155 Å². The molecule has 6 aromatic carbocycles. The molecule has 0 amide bonds. The van der Waals surface area contributed by atoms with Crippen molar-refractivity contribution in [1.82, 2.24) is 57.3 Å². The van der Waals surface area contributed by atoms with Gasteiger partial charge in [0.1, 0.15) is 5.71 Å². The molecular formula is C70H70Cl3K2N15O18. The number of aliphatic hydroxyl groups is 2. The topological polar surface area (TPSA) is 508 Å². The van der Waals surface area contributed by atoms with Crippen molar-refractivity contribution in [2.24, 2.45) is 16.6 Å². The molecule has 33 nitrogen and oxygen atoms in total. The number of H-pyrrole nitrogens is 4. The number of nitrogens with zero attached hydrogens (tertiary/aromatic N) is 9. The third kappa shape index (κ3) is 21.0. The van der Waals surface area contributed by atoms with Crippen LogP contribution in [0.5, 0.6) is 0 Å². The molecule has 4 aliphatic rings. The number of fused-ring (bicyclic) bond motifs is 2. The van der Waals surface area contributed by atoms with E-state index in [0.29, 0.717) is 116 Å². The van der Waals surface area contributed by atoms with Gasteiger partial charge < -0.3 is 76.1 Å². The maximum atomic E-state index is 12.0. The number of nitrogens with two attached hydrogens (primary N) is 2. The first-order chi connectivity index (χ1) is 50.6. The fraction of sp³-hybridized carbons (Fsp3) is 0.286. The van der Waals surface area contributed by atoms with Gasteiger partial charge in [-0.1, -0.05) is 78.0 Å². The summed E-state index contributed by atoms with van der Waals surface area (Å²) in [6.07, 6.45) is 2.62. The van der Waals surface area contributed by atoms with Gasteiger partial charge in [-0.25, -0.2) is 19.2 Å². The number of aromatic amines is 4. The van der Waals surface area contributed by atoms with E-state index in [1.165, 1.54) is 4.57 Å². The number of carboxylic acids is 2. The van der Waals surface area contributed by atoms with E-state index in [2.05, 4.69) is 58.3 Å². The molecule has 0 radical (unpaired) electrons. The van der Waals surface area contributed by atoms with Gasteiger partial charge in [0, 0.05) is 82.0 Å². The quantitative estimate of drug-likeness (QED) is 0.0277. The van der Waals surface area contributed by atoms with Crippen LogP contribution in [0, 0.1) is 0 Å². The van der Waals surface area contributed by atoms with Gasteiger partial charge in [-0.2, -0.15) is 0 Å². The third-order valence-electron chi connectivity index (χ3n) is 17.3. The number of carbonyl (C=O) groups is 7. The molecule has 13 N–H and O–H groups in total. The zero-order chi connectivity index (χ0) is 76.8. The second-order valence-electron chi connectivity index (χ2n) is 24.3. The number of aliphatic carboxylic acids is 2. The number of carboxylic acid groups (broad SMARTS) is 2. The zero-order valence-corrected chi connectivity index (χ0v) is 66.8. The minimum atomic E-state index is -1.14. The molecular weight excluding hydrogens is 1520 g/mol. The minimum absolute atomic E-state index is 0. The van der Waals surface area contributed by atoms with Crippen molar-refractivity contribution in [1.29, 1.82) is 0 Å². The number of ketones is 2. The monoisotopic (exact) mass is 1590 g/mol. The van der Waals surface area contributed by atoms with Gasteiger partial charge in [0.2, 0.25) is 11.0 Å². The molecule has 38 heteroatoms. The Balaban J connectivity index is 0.000000175. The Kier molecular flexibility index (Phi) is 32.1. The summed E-state index contributed by atoms with van der Waals surface area (Å²) in [4.78, 5) is 161. The normalized spacial score (nSPS) is 16.1. The van der Waals surface area contributed by atoms with Crippen LogP contribution in [0.3, 0.4) is 0 Å². The van der Waals surface area contributed by atoms with Crippen molar-refractivity contribution in [2.45, 2.75) is 128 Å². The van der Waals surface area contributed by atoms with E-state index in [1.807, 2.05) is 54.6 Å². The number of nitrogens with one attached hydrogen (secondary N) is 4. The van der Waals surface area contributed by atoms with Gasteiger partial charge in [0.15, 0.2) is 17.2 Å². The van der Waals surface area contributed by atoms with Crippen LogP contribution in [0.25, 0.3) is 66.2 Å². The first kappa shape index (κ1) is 86.9. The molecule has 0 aliphatic carbocycles. The van der Waals surface area contributed by atoms with Gasteiger partial charge in [0.25, 0.3) is 5.97 Å². The van der Waals surface area contributed by atoms with E-state index in [1.54, 1.807) is 89.6 Å². The number of hydrogen-bond donors (Lipinski definition) is 11. The molecule has 4 unspecified atom stereocenters. The van der Waals surface area contributed by atoms with Crippen LogP contribution in [0.2, 0.25) is 0 Å². The van der Waals surface area contributed by atoms with Crippen molar-refractivity contribution < 1.29 is 162 Å². The standard InChI is InChI=1S/C11H11ClN2O2.C11H9N3O3.2C11H13N3O2.C11H12N2O3.C11H10N2O2.C2Cl2O2.C2H4O2.2K/c12-10(15)6-3-7-14-9-5-2-1-4-8(9)13-11(14)16;15-10-6-2-1-3-7-9(6)14(11(16)12-7)5-4-8(10)13-17;2*12-7-4-5-14-9-6(10(7)15)2-1-3-8(9)13-11(14)16;14-10(15)6-3-7-13-9-5-2-1-4-8(9)12-11(13)16;14-9-5-2-6-13-10-7(9)3-1-4-8(10)12-11(13)15;3-1(5)2(4)6;1-2(3)4;;/h1-2,4-5H,3,6-7H2,(H,13,16);1-3,17H,4-5H2,(H,12,16);2*1-3,7,10,15H,4-5,12H2,(H,13,16);1-2,4-5H,3,6-7H2,(H,12,16)(H,14,15);1,3-4H,2,5-6H2,(H,12,15);;1H3,(H,3,4);;/q;;;;;;;;2*+1/p-2/b;13-8-;;;;;;;;. The van der Waals surface area contributed by atoms with Crippen molar-refractivity contribution in [2.75, 3.05) is 0 Å². The number of Topliss-reactive ketones (excluding diaryl/α,β-unsaturated/α-hetero) is 2. The van der Waals surface area contributed by atoms with Gasteiger partial charge >= 0.3 is 142 Å². The Morgan fingerprint density at radius 2 is 0.917 bits per heavy atom. The van der Waals surface area contributed by atoms with Crippen LogP contribution < -0.4 is 158 Å². The minimum Gasteiger partial charge on any atom is -0.481 e. The second kappa shape index (κ2) is 39.9. The molecule has 4 aliphatic heterocycles. The maximum Gasteiger partial charge on any atom is 1.00 e. The van der Waals surface area contributed by atoms with E-state index in [-0.39, 0.29) is 191 Å². The number of halogens is 3. The van der Waals surface area contributed by atoms with Crippen LogP contribution >= 0.6 is 34.8 Å². The SMILES string of the molecule is CC(=O)O.NC1CCn2c(=O)[n-]c3cccc(c32)C1O.NC1CCn2c(=O)[n-]c3cccc(c32)C1O.O=C(Cl)C(=O)Cl.O=C(Cl)CCCn1c(=O)[nH]c2ccccc21.O=C(O)CCCn1c(=O)[nH]c2ccccc21.O=C1/C(=N\O)CCn2c(=O)[nH]c3cccc1c32.O=C1CCCn2c(=O)[nH]c3cccc1c32.[K+].[K+]. The summed E-state index contributed by atoms with van der Waals surface area (Å²) in [5.74, 6) is -1.87. The van der Waals surface area contributed by atoms with Crippen LogP contribution in [-0.2, 0) is 63.2 Å². The number of para-hydroxylation sites is 8. The summed E-state index contributed by atoms with van der Waals surface area (Å²) in [5.41, 5.74) is 21.8. The van der Waals surface area contributed by atoms with Gasteiger partial charge in [-0.05, 0) is 162 Å². The molecule has 0 spiro atoms. The molecule has 10 heterocycles. The fourth-order valence-electron chi connectivity index (χ4n) is 12.4. The third-order valence-corrected chi connectivity index (χ3v) is 17.9.